The smallest absolute Gasteiger partial charge is 0.379 e. The van der Waals surface area contributed by atoms with Gasteiger partial charge in [0.25, 0.3) is 5.69 Å². The Hall–Kier alpha value is -3.30. The lowest BCUT2D eigenvalue weighted by atomic mass is 10.1. The van der Waals surface area contributed by atoms with E-state index in [9.17, 15) is 28.1 Å². The number of anilines is 2. The second-order valence-electron chi connectivity index (χ2n) is 7.03. The van der Waals surface area contributed by atoms with Gasteiger partial charge < -0.3 is 15.1 Å². The Morgan fingerprint density at radius 1 is 1.20 bits per heavy atom. The van der Waals surface area contributed by atoms with E-state index in [1.54, 1.807) is 4.90 Å². The second kappa shape index (κ2) is 8.60. The largest absolute Gasteiger partial charge is 0.416 e. The van der Waals surface area contributed by atoms with E-state index < -0.39 is 22.4 Å². The third-order valence-corrected chi connectivity index (χ3v) is 5.00. The Morgan fingerprint density at radius 2 is 1.93 bits per heavy atom. The fourth-order valence-corrected chi connectivity index (χ4v) is 3.38. The van der Waals surface area contributed by atoms with E-state index in [-0.39, 0.29) is 24.6 Å². The third kappa shape index (κ3) is 4.81. The van der Waals surface area contributed by atoms with E-state index in [0.717, 1.165) is 23.4 Å². The Labute approximate surface area is 171 Å². The Balaban J connectivity index is 1.64. The number of carbonyl (C=O) groups excluding carboxylic acids is 1. The van der Waals surface area contributed by atoms with Crippen molar-refractivity contribution in [3.8, 4) is 0 Å². The highest BCUT2D eigenvalue weighted by atomic mass is 19.4. The lowest BCUT2D eigenvalue weighted by Gasteiger charge is -2.21. The molecule has 0 saturated heterocycles. The molecular weight excluding hydrogens is 401 g/mol. The van der Waals surface area contributed by atoms with Crippen molar-refractivity contribution < 1.29 is 22.9 Å². The Kier molecular flexibility index (Phi) is 6.14. The quantitative estimate of drug-likeness (QED) is 0.584. The number of carbonyl (C=O) groups is 1. The van der Waals surface area contributed by atoms with Gasteiger partial charge in [0, 0.05) is 51.4 Å². The maximum atomic E-state index is 12.8. The lowest BCUT2D eigenvalue weighted by Crippen LogP contribution is -2.35. The maximum Gasteiger partial charge on any atom is 0.416 e. The molecule has 0 bridgehead atoms. The molecule has 1 aliphatic rings. The number of amides is 1. The fraction of sp³-hybridized carbons (Fsp3) is 0.350. The van der Waals surface area contributed by atoms with Crippen molar-refractivity contribution in [1.29, 1.82) is 0 Å². The van der Waals surface area contributed by atoms with Crippen LogP contribution in [-0.4, -0.2) is 42.4 Å². The summed E-state index contributed by atoms with van der Waals surface area (Å²) in [4.78, 5) is 26.7. The molecule has 10 heteroatoms. The number of nitro groups is 1. The van der Waals surface area contributed by atoms with Gasteiger partial charge in [0.2, 0.25) is 5.91 Å². The van der Waals surface area contributed by atoms with Gasteiger partial charge in [-0.15, -0.1) is 0 Å². The highest BCUT2D eigenvalue weighted by Gasteiger charge is 2.33. The van der Waals surface area contributed by atoms with Crippen LogP contribution in [0.15, 0.2) is 42.5 Å². The molecular formula is C20H21F3N4O3. The Bertz CT molecular complexity index is 949. The van der Waals surface area contributed by atoms with Crippen LogP contribution in [0.4, 0.5) is 30.2 Å². The minimum absolute atomic E-state index is 0.0539. The third-order valence-electron chi connectivity index (χ3n) is 5.00. The summed E-state index contributed by atoms with van der Waals surface area (Å²) in [5, 5.41) is 13.9. The zero-order valence-corrected chi connectivity index (χ0v) is 16.3. The molecule has 2 aromatic carbocycles. The number of likely N-dealkylation sites (N-methyl/N-ethyl adjacent to an activating group) is 1. The molecule has 160 valence electrons. The highest BCUT2D eigenvalue weighted by Crippen LogP contribution is 2.35. The molecule has 30 heavy (non-hydrogen) atoms. The van der Waals surface area contributed by atoms with E-state index in [1.807, 2.05) is 31.3 Å². The van der Waals surface area contributed by atoms with Gasteiger partial charge in [0.1, 0.15) is 5.69 Å². The summed E-state index contributed by atoms with van der Waals surface area (Å²) in [7, 11) is 1.96. The van der Waals surface area contributed by atoms with Crippen molar-refractivity contribution in [2.75, 3.05) is 36.9 Å². The van der Waals surface area contributed by atoms with Gasteiger partial charge in [0.05, 0.1) is 10.5 Å². The van der Waals surface area contributed by atoms with Crippen LogP contribution < -0.4 is 10.2 Å². The molecule has 7 nitrogen and oxygen atoms in total. The molecule has 1 amide bonds. The number of hydrogen-bond donors (Lipinski definition) is 1. The van der Waals surface area contributed by atoms with Gasteiger partial charge in [-0.3, -0.25) is 14.9 Å². The molecule has 0 radical (unpaired) electrons. The standard InChI is InChI=1S/C20H21F3N4O3/c1-25-10-11-26(13-14-4-2-3-5-17(14)25)19(28)8-9-24-16-7-6-15(20(21,22)23)12-18(16)27(29)30/h2-7,12,24H,8-11,13H2,1H3. The van der Waals surface area contributed by atoms with Gasteiger partial charge >= 0.3 is 6.18 Å². The van der Waals surface area contributed by atoms with Crippen LogP contribution in [0, 0.1) is 10.1 Å². The van der Waals surface area contributed by atoms with Crippen LogP contribution in [0.25, 0.3) is 0 Å². The molecule has 0 atom stereocenters. The van der Waals surface area contributed by atoms with Crippen molar-refractivity contribution >= 4 is 23.0 Å². The van der Waals surface area contributed by atoms with Crippen LogP contribution >= 0.6 is 0 Å². The van der Waals surface area contributed by atoms with E-state index in [4.69, 9.17) is 0 Å². The summed E-state index contributed by atoms with van der Waals surface area (Å²) in [5.74, 6) is -0.137. The topological polar surface area (TPSA) is 78.7 Å². The van der Waals surface area contributed by atoms with Gasteiger partial charge in [-0.05, 0) is 23.8 Å². The van der Waals surface area contributed by atoms with Gasteiger partial charge in [-0.25, -0.2) is 0 Å². The summed E-state index contributed by atoms with van der Waals surface area (Å²) < 4.78 is 38.4. The first-order valence-electron chi connectivity index (χ1n) is 9.33. The zero-order valence-electron chi connectivity index (χ0n) is 16.3. The molecule has 3 rings (SSSR count). The number of nitro benzene ring substituents is 1. The molecule has 1 heterocycles. The normalized spacial score (nSPS) is 14.1. The summed E-state index contributed by atoms with van der Waals surface area (Å²) in [5.41, 5.74) is 0.260. The Morgan fingerprint density at radius 3 is 2.63 bits per heavy atom. The SMILES string of the molecule is CN1CCN(C(=O)CCNc2ccc(C(F)(F)F)cc2[N+](=O)[O-])Cc2ccccc21. The van der Waals surface area contributed by atoms with Gasteiger partial charge in [-0.1, -0.05) is 18.2 Å². The molecule has 0 unspecified atom stereocenters. The minimum atomic E-state index is -4.67. The van der Waals surface area contributed by atoms with Crippen molar-refractivity contribution in [3.63, 3.8) is 0 Å². The van der Waals surface area contributed by atoms with Crippen molar-refractivity contribution in [2.45, 2.75) is 19.1 Å². The number of benzene rings is 2. The molecule has 0 spiro atoms. The molecule has 0 aliphatic carbocycles. The number of rotatable bonds is 5. The first-order valence-corrected chi connectivity index (χ1v) is 9.33. The van der Waals surface area contributed by atoms with E-state index in [2.05, 4.69) is 10.2 Å². The predicted molar refractivity (Wildman–Crippen MR) is 106 cm³/mol. The molecule has 2 aromatic rings. The molecule has 0 aromatic heterocycles. The van der Waals surface area contributed by atoms with E-state index >= 15 is 0 Å². The summed E-state index contributed by atoms with van der Waals surface area (Å²) in [6, 6.07) is 10.1. The molecule has 0 saturated carbocycles. The molecule has 1 aliphatic heterocycles. The van der Waals surface area contributed by atoms with E-state index in [0.29, 0.717) is 25.7 Å². The second-order valence-corrected chi connectivity index (χ2v) is 7.03. The summed E-state index contributed by atoms with van der Waals surface area (Å²) >= 11 is 0. The maximum absolute atomic E-state index is 12.8. The lowest BCUT2D eigenvalue weighted by molar-refractivity contribution is -0.384. The summed E-state index contributed by atoms with van der Waals surface area (Å²) in [6.45, 7) is 1.73. The van der Waals surface area contributed by atoms with Crippen LogP contribution in [0.1, 0.15) is 17.5 Å². The van der Waals surface area contributed by atoms with Crippen LogP contribution in [0.3, 0.4) is 0 Å². The highest BCUT2D eigenvalue weighted by molar-refractivity contribution is 5.77. The molecule has 0 fully saturated rings. The average molecular weight is 422 g/mol. The molecule has 1 N–H and O–H groups in total. The van der Waals surface area contributed by atoms with Gasteiger partial charge in [0.15, 0.2) is 0 Å². The number of hydrogen-bond acceptors (Lipinski definition) is 5. The first-order chi connectivity index (χ1) is 14.2. The van der Waals surface area contributed by atoms with Crippen LogP contribution in [0.2, 0.25) is 0 Å². The average Bonchev–Trinajstić information content (AvgIpc) is 2.86. The van der Waals surface area contributed by atoms with Crippen LogP contribution in [0.5, 0.6) is 0 Å². The van der Waals surface area contributed by atoms with Crippen molar-refractivity contribution in [2.24, 2.45) is 0 Å². The number of nitrogens with one attached hydrogen (secondary N) is 1. The number of nitrogens with zero attached hydrogens (tertiary/aromatic N) is 3. The number of fused-ring (bicyclic) bond motifs is 1. The monoisotopic (exact) mass is 422 g/mol. The van der Waals surface area contributed by atoms with Crippen molar-refractivity contribution in [1.82, 2.24) is 4.90 Å². The van der Waals surface area contributed by atoms with Gasteiger partial charge in [-0.2, -0.15) is 13.2 Å². The summed E-state index contributed by atoms with van der Waals surface area (Å²) in [6.07, 6.45) is -4.61. The zero-order chi connectivity index (χ0) is 21.9. The van der Waals surface area contributed by atoms with Crippen molar-refractivity contribution in [3.05, 3.63) is 63.7 Å². The minimum Gasteiger partial charge on any atom is -0.379 e. The van der Waals surface area contributed by atoms with Crippen LogP contribution in [-0.2, 0) is 17.5 Å². The fourth-order valence-electron chi connectivity index (χ4n) is 3.38. The predicted octanol–water partition coefficient (Wildman–Crippen LogP) is 3.89. The number of halogens is 3. The first kappa shape index (κ1) is 21.4. The van der Waals surface area contributed by atoms with E-state index in [1.165, 1.54) is 0 Å². The number of para-hydroxylation sites is 1. The number of alkyl halides is 3.